The van der Waals surface area contributed by atoms with Gasteiger partial charge in [-0.3, -0.25) is 0 Å². The summed E-state index contributed by atoms with van der Waals surface area (Å²) < 4.78 is 0. The number of allylic oxidation sites excluding steroid dienone is 1. The fourth-order valence-corrected chi connectivity index (χ4v) is 0.885. The van der Waals surface area contributed by atoms with Gasteiger partial charge in [0.25, 0.3) is 0 Å². The van der Waals surface area contributed by atoms with Crippen molar-refractivity contribution in [1.29, 1.82) is 0 Å². The maximum atomic E-state index is 4.24. The Hall–Kier alpha value is -0.790. The van der Waals surface area contributed by atoms with Crippen LogP contribution in [0.1, 0.15) is 33.1 Å². The standard InChI is InChI=1S/C8H13N2/c1-3-4-5-8-9-6-7(2)10-8/h6H,3-5H2,1-2H3. The van der Waals surface area contributed by atoms with Gasteiger partial charge < -0.3 is 0 Å². The first kappa shape index (κ1) is 7.32. The van der Waals surface area contributed by atoms with Gasteiger partial charge in [-0.2, -0.15) is 0 Å². The van der Waals surface area contributed by atoms with Gasteiger partial charge in [-0.05, 0) is 13.3 Å². The molecular formula is C8H13N2. The summed E-state index contributed by atoms with van der Waals surface area (Å²) in [6.45, 7) is 4.15. The van der Waals surface area contributed by atoms with Crippen LogP contribution in [-0.2, 0) is 0 Å². The third-order valence-corrected chi connectivity index (χ3v) is 1.46. The molecule has 2 nitrogen and oxygen atoms in total. The van der Waals surface area contributed by atoms with Crippen molar-refractivity contribution in [3.05, 3.63) is 11.9 Å². The van der Waals surface area contributed by atoms with Crippen LogP contribution in [-0.4, -0.2) is 5.84 Å². The summed E-state index contributed by atoms with van der Waals surface area (Å²) in [5.41, 5.74) is 1.03. The topological polar surface area (TPSA) is 26.5 Å². The second-order valence-corrected chi connectivity index (χ2v) is 2.53. The largest absolute Gasteiger partial charge is 0.240 e. The molecule has 0 bridgehead atoms. The molecule has 0 N–H and O–H groups in total. The Morgan fingerprint density at radius 2 is 2.30 bits per heavy atom. The lowest BCUT2D eigenvalue weighted by Crippen LogP contribution is -2.04. The first-order valence-corrected chi connectivity index (χ1v) is 3.78. The predicted octanol–water partition coefficient (Wildman–Crippen LogP) is 2.05. The maximum Gasteiger partial charge on any atom is 0.128 e. The van der Waals surface area contributed by atoms with E-state index in [1.54, 1.807) is 0 Å². The normalized spacial score (nSPS) is 16.2. The molecule has 0 aromatic carbocycles. The molecule has 1 rings (SSSR count). The molecule has 2 heteroatoms. The molecule has 0 aliphatic carbocycles. The van der Waals surface area contributed by atoms with E-state index in [2.05, 4.69) is 17.2 Å². The molecule has 0 aromatic rings. The van der Waals surface area contributed by atoms with Crippen molar-refractivity contribution in [2.75, 3.05) is 0 Å². The zero-order valence-corrected chi connectivity index (χ0v) is 6.59. The Kier molecular flexibility index (Phi) is 2.49. The van der Waals surface area contributed by atoms with Crippen molar-refractivity contribution >= 4 is 5.84 Å². The molecule has 0 atom stereocenters. The van der Waals surface area contributed by atoms with Gasteiger partial charge in [0, 0.05) is 6.42 Å². The molecule has 1 aliphatic heterocycles. The average molecular weight is 137 g/mol. The molecule has 0 saturated carbocycles. The van der Waals surface area contributed by atoms with E-state index in [4.69, 9.17) is 0 Å². The molecular weight excluding hydrogens is 124 g/mol. The molecule has 0 unspecified atom stereocenters. The second-order valence-electron chi connectivity index (χ2n) is 2.53. The number of rotatable bonds is 3. The van der Waals surface area contributed by atoms with Crippen molar-refractivity contribution in [2.45, 2.75) is 33.1 Å². The fourth-order valence-electron chi connectivity index (χ4n) is 0.885. The molecule has 0 saturated heterocycles. The lowest BCUT2D eigenvalue weighted by molar-refractivity contribution is 0.824. The van der Waals surface area contributed by atoms with Crippen LogP contribution < -0.4 is 5.32 Å². The summed E-state index contributed by atoms with van der Waals surface area (Å²) in [4.78, 5) is 4.24. The van der Waals surface area contributed by atoms with E-state index in [1.165, 1.54) is 12.8 Å². The van der Waals surface area contributed by atoms with Crippen molar-refractivity contribution in [3.63, 3.8) is 0 Å². The van der Waals surface area contributed by atoms with E-state index < -0.39 is 0 Å². The Bertz CT molecular complexity index is 168. The van der Waals surface area contributed by atoms with Crippen LogP contribution in [0.2, 0.25) is 0 Å². The van der Waals surface area contributed by atoms with E-state index in [0.29, 0.717) is 0 Å². The number of nitrogens with zero attached hydrogens (tertiary/aromatic N) is 2. The van der Waals surface area contributed by atoms with Crippen LogP contribution in [0.25, 0.3) is 0 Å². The second kappa shape index (κ2) is 3.40. The third-order valence-electron chi connectivity index (χ3n) is 1.46. The number of amidine groups is 1. The van der Waals surface area contributed by atoms with E-state index in [1.807, 2.05) is 13.1 Å². The molecule has 0 spiro atoms. The van der Waals surface area contributed by atoms with Gasteiger partial charge in [-0.15, -0.1) is 0 Å². The van der Waals surface area contributed by atoms with E-state index in [0.717, 1.165) is 18.0 Å². The highest BCUT2D eigenvalue weighted by Gasteiger charge is 2.04. The van der Waals surface area contributed by atoms with Gasteiger partial charge in [0.1, 0.15) is 5.84 Å². The summed E-state index contributed by atoms with van der Waals surface area (Å²) >= 11 is 0. The molecule has 55 valence electrons. The van der Waals surface area contributed by atoms with Crippen molar-refractivity contribution < 1.29 is 0 Å². The number of aliphatic imine (C=N–C) groups is 1. The highest BCUT2D eigenvalue weighted by atomic mass is 15.0. The summed E-state index contributed by atoms with van der Waals surface area (Å²) in [7, 11) is 0. The van der Waals surface area contributed by atoms with Crippen LogP contribution in [0.5, 0.6) is 0 Å². The van der Waals surface area contributed by atoms with Crippen LogP contribution in [0, 0.1) is 0 Å². The van der Waals surface area contributed by atoms with Gasteiger partial charge in [0.05, 0.1) is 11.9 Å². The van der Waals surface area contributed by atoms with Crippen molar-refractivity contribution in [2.24, 2.45) is 4.99 Å². The van der Waals surface area contributed by atoms with Gasteiger partial charge in [-0.1, -0.05) is 13.3 Å². The van der Waals surface area contributed by atoms with Crippen LogP contribution in [0.4, 0.5) is 0 Å². The minimum absolute atomic E-state index is 0.999. The molecule has 10 heavy (non-hydrogen) atoms. The Balaban J connectivity index is 2.27. The first-order chi connectivity index (χ1) is 4.83. The maximum absolute atomic E-state index is 4.24. The van der Waals surface area contributed by atoms with Crippen LogP contribution in [0.15, 0.2) is 16.9 Å². The Morgan fingerprint density at radius 3 is 2.80 bits per heavy atom. The average Bonchev–Trinajstić information content (AvgIpc) is 2.31. The van der Waals surface area contributed by atoms with Gasteiger partial charge in [0.15, 0.2) is 0 Å². The lowest BCUT2D eigenvalue weighted by atomic mass is 10.2. The van der Waals surface area contributed by atoms with E-state index in [9.17, 15) is 0 Å². The van der Waals surface area contributed by atoms with Gasteiger partial charge in [-0.25, -0.2) is 10.3 Å². The van der Waals surface area contributed by atoms with Crippen molar-refractivity contribution in [3.8, 4) is 0 Å². The summed E-state index contributed by atoms with van der Waals surface area (Å²) in [6.07, 6.45) is 5.27. The minimum atomic E-state index is 0.999. The van der Waals surface area contributed by atoms with Crippen molar-refractivity contribution in [1.82, 2.24) is 5.32 Å². The quantitative estimate of drug-likeness (QED) is 0.569. The Labute approximate surface area is 62.0 Å². The van der Waals surface area contributed by atoms with E-state index in [-0.39, 0.29) is 0 Å². The summed E-state index contributed by atoms with van der Waals surface area (Å²) in [5, 5.41) is 4.14. The SMILES string of the molecule is CCCCC1=NC(C)=C[N]1. The van der Waals surface area contributed by atoms with E-state index >= 15 is 0 Å². The fraction of sp³-hybridized carbons (Fsp3) is 0.625. The van der Waals surface area contributed by atoms with Gasteiger partial charge in [0.2, 0.25) is 0 Å². The molecule has 1 aliphatic rings. The highest BCUT2D eigenvalue weighted by molar-refractivity contribution is 5.85. The summed E-state index contributed by atoms with van der Waals surface area (Å²) in [6, 6.07) is 0. The summed E-state index contributed by atoms with van der Waals surface area (Å²) in [5.74, 6) is 0.999. The first-order valence-electron chi connectivity index (χ1n) is 3.78. The Morgan fingerprint density at radius 1 is 1.50 bits per heavy atom. The predicted molar refractivity (Wildman–Crippen MR) is 42.9 cm³/mol. The number of hydrogen-bond donors (Lipinski definition) is 0. The van der Waals surface area contributed by atoms with Crippen LogP contribution >= 0.6 is 0 Å². The molecule has 0 fully saturated rings. The smallest absolute Gasteiger partial charge is 0.128 e. The third kappa shape index (κ3) is 1.87. The van der Waals surface area contributed by atoms with Crippen LogP contribution in [0.3, 0.4) is 0 Å². The number of hydrogen-bond acceptors (Lipinski definition) is 1. The minimum Gasteiger partial charge on any atom is -0.240 e. The highest BCUT2D eigenvalue weighted by Crippen LogP contribution is 2.06. The molecule has 1 radical (unpaired) electrons. The molecule has 0 amide bonds. The number of unbranched alkanes of at least 4 members (excludes halogenated alkanes) is 1. The molecule has 1 heterocycles. The molecule has 0 aromatic heterocycles. The zero-order valence-electron chi connectivity index (χ0n) is 6.59. The van der Waals surface area contributed by atoms with Gasteiger partial charge >= 0.3 is 0 Å². The monoisotopic (exact) mass is 137 g/mol. The zero-order chi connectivity index (χ0) is 7.40. The lowest BCUT2D eigenvalue weighted by Gasteiger charge is -1.94.